The molecule has 0 spiro atoms. The number of rotatable bonds is 4. The van der Waals surface area contributed by atoms with Gasteiger partial charge in [-0.05, 0) is 44.2 Å². The Balaban J connectivity index is 1.89. The first-order valence-corrected chi connectivity index (χ1v) is 10.4. The molecule has 1 aliphatic heterocycles. The van der Waals surface area contributed by atoms with Crippen LogP contribution in [-0.2, 0) is 14.8 Å². The van der Waals surface area contributed by atoms with Gasteiger partial charge < -0.3 is 9.64 Å². The molecule has 1 N–H and O–H groups in total. The van der Waals surface area contributed by atoms with Crippen LogP contribution in [0.4, 0.5) is 5.69 Å². The summed E-state index contributed by atoms with van der Waals surface area (Å²) >= 11 is 5.90. The first-order chi connectivity index (χ1) is 12.8. The molecular weight excluding hydrogens is 388 g/mol. The second-order valence-corrected chi connectivity index (χ2v) is 8.69. The molecule has 0 radical (unpaired) electrons. The van der Waals surface area contributed by atoms with Crippen molar-refractivity contribution in [2.45, 2.75) is 31.0 Å². The number of carbonyl (C=O) groups is 1. The standard InChI is InChI=1S/C19H21ClN2O4S/c1-13-11-22(12-14(2)26-13)19(23)17-8-3-4-9-18(17)21-27(24,25)16-7-5-6-15(20)10-16/h3-10,13-14,21H,11-12H2,1-2H3. The summed E-state index contributed by atoms with van der Waals surface area (Å²) < 4.78 is 33.6. The van der Waals surface area contributed by atoms with Crippen molar-refractivity contribution in [1.82, 2.24) is 4.90 Å². The molecule has 0 saturated carbocycles. The van der Waals surface area contributed by atoms with E-state index in [1.165, 1.54) is 12.1 Å². The van der Waals surface area contributed by atoms with E-state index in [0.29, 0.717) is 23.7 Å². The predicted molar refractivity (Wildman–Crippen MR) is 105 cm³/mol. The van der Waals surface area contributed by atoms with Gasteiger partial charge in [0.2, 0.25) is 0 Å². The van der Waals surface area contributed by atoms with Crippen LogP contribution in [0.5, 0.6) is 0 Å². The lowest BCUT2D eigenvalue weighted by molar-refractivity contribution is -0.0585. The highest BCUT2D eigenvalue weighted by atomic mass is 35.5. The minimum Gasteiger partial charge on any atom is -0.372 e. The highest BCUT2D eigenvalue weighted by molar-refractivity contribution is 7.92. The molecule has 2 atom stereocenters. The zero-order valence-electron chi connectivity index (χ0n) is 15.1. The molecule has 0 aromatic heterocycles. The molecule has 1 heterocycles. The van der Waals surface area contributed by atoms with Crippen LogP contribution in [0.3, 0.4) is 0 Å². The summed E-state index contributed by atoms with van der Waals surface area (Å²) in [6.07, 6.45) is -0.152. The highest BCUT2D eigenvalue weighted by Gasteiger charge is 2.28. The summed E-state index contributed by atoms with van der Waals surface area (Å²) in [4.78, 5) is 14.7. The number of hydrogen-bond acceptors (Lipinski definition) is 4. The van der Waals surface area contributed by atoms with Crippen molar-refractivity contribution in [2.24, 2.45) is 0 Å². The molecule has 3 rings (SSSR count). The smallest absolute Gasteiger partial charge is 0.261 e. The molecule has 1 amide bonds. The molecule has 1 aliphatic rings. The molecule has 0 bridgehead atoms. The van der Waals surface area contributed by atoms with E-state index in [1.54, 1.807) is 41.3 Å². The Kier molecular flexibility index (Phi) is 5.74. The number of carbonyl (C=O) groups excluding carboxylic acids is 1. The maximum atomic E-state index is 13.0. The van der Waals surface area contributed by atoms with Crippen LogP contribution in [0.1, 0.15) is 24.2 Å². The van der Waals surface area contributed by atoms with Gasteiger partial charge in [-0.25, -0.2) is 8.42 Å². The Morgan fingerprint density at radius 2 is 1.78 bits per heavy atom. The molecule has 1 saturated heterocycles. The summed E-state index contributed by atoms with van der Waals surface area (Å²) in [7, 11) is -3.87. The van der Waals surface area contributed by atoms with E-state index in [9.17, 15) is 13.2 Å². The topological polar surface area (TPSA) is 75.7 Å². The van der Waals surface area contributed by atoms with E-state index in [0.717, 1.165) is 0 Å². The third-order valence-electron chi connectivity index (χ3n) is 4.21. The van der Waals surface area contributed by atoms with E-state index in [-0.39, 0.29) is 28.7 Å². The molecule has 8 heteroatoms. The van der Waals surface area contributed by atoms with E-state index < -0.39 is 10.0 Å². The first kappa shape index (κ1) is 19.7. The molecule has 2 aromatic rings. The summed E-state index contributed by atoms with van der Waals surface area (Å²) in [5, 5.41) is 0.318. The van der Waals surface area contributed by atoms with Crippen molar-refractivity contribution in [3.63, 3.8) is 0 Å². The number of para-hydroxylation sites is 1. The summed E-state index contributed by atoms with van der Waals surface area (Å²) in [5.74, 6) is -0.235. The van der Waals surface area contributed by atoms with Gasteiger partial charge in [0.1, 0.15) is 0 Å². The van der Waals surface area contributed by atoms with Crippen LogP contribution in [0, 0.1) is 0 Å². The molecule has 2 aromatic carbocycles. The maximum absolute atomic E-state index is 13.0. The van der Waals surface area contributed by atoms with Gasteiger partial charge >= 0.3 is 0 Å². The lowest BCUT2D eigenvalue weighted by atomic mass is 10.1. The predicted octanol–water partition coefficient (Wildman–Crippen LogP) is 3.39. The molecular formula is C19H21ClN2O4S. The van der Waals surface area contributed by atoms with Crippen molar-refractivity contribution >= 4 is 33.2 Å². The van der Waals surface area contributed by atoms with E-state index in [2.05, 4.69) is 4.72 Å². The van der Waals surface area contributed by atoms with Crippen LogP contribution in [0.15, 0.2) is 53.4 Å². The largest absolute Gasteiger partial charge is 0.372 e. The van der Waals surface area contributed by atoms with Gasteiger partial charge in [-0.15, -0.1) is 0 Å². The summed E-state index contributed by atoms with van der Waals surface area (Å²) in [5.41, 5.74) is 0.527. The number of hydrogen-bond donors (Lipinski definition) is 1. The fourth-order valence-corrected chi connectivity index (χ4v) is 4.49. The van der Waals surface area contributed by atoms with Crippen LogP contribution >= 0.6 is 11.6 Å². The van der Waals surface area contributed by atoms with Crippen molar-refractivity contribution in [1.29, 1.82) is 0 Å². The normalized spacial score (nSPS) is 20.3. The minimum absolute atomic E-state index is 0.0332. The van der Waals surface area contributed by atoms with Crippen molar-refractivity contribution < 1.29 is 17.9 Å². The quantitative estimate of drug-likeness (QED) is 0.841. The Labute approximate surface area is 164 Å². The number of nitrogens with zero attached hydrogens (tertiary/aromatic N) is 1. The number of benzene rings is 2. The maximum Gasteiger partial charge on any atom is 0.261 e. The minimum atomic E-state index is -3.87. The van der Waals surface area contributed by atoms with Gasteiger partial charge in [0, 0.05) is 18.1 Å². The lowest BCUT2D eigenvalue weighted by Gasteiger charge is -2.35. The van der Waals surface area contributed by atoms with Gasteiger partial charge in [-0.3, -0.25) is 9.52 Å². The van der Waals surface area contributed by atoms with E-state index >= 15 is 0 Å². The van der Waals surface area contributed by atoms with Crippen molar-refractivity contribution in [2.75, 3.05) is 17.8 Å². The third-order valence-corrected chi connectivity index (χ3v) is 5.81. The SMILES string of the molecule is CC1CN(C(=O)c2ccccc2NS(=O)(=O)c2cccc(Cl)c2)CC(C)O1. The fraction of sp³-hybridized carbons (Fsp3) is 0.316. The first-order valence-electron chi connectivity index (χ1n) is 8.58. The zero-order chi connectivity index (χ0) is 19.6. The monoisotopic (exact) mass is 408 g/mol. The van der Waals surface area contributed by atoms with E-state index in [1.807, 2.05) is 13.8 Å². The van der Waals surface area contributed by atoms with E-state index in [4.69, 9.17) is 16.3 Å². The summed E-state index contributed by atoms with van der Waals surface area (Å²) in [6.45, 7) is 4.73. The van der Waals surface area contributed by atoms with Gasteiger partial charge in [-0.2, -0.15) is 0 Å². The fourth-order valence-electron chi connectivity index (χ4n) is 3.11. The van der Waals surface area contributed by atoms with Crippen molar-refractivity contribution in [3.8, 4) is 0 Å². The number of halogens is 1. The zero-order valence-corrected chi connectivity index (χ0v) is 16.6. The van der Waals surface area contributed by atoms with Gasteiger partial charge in [0.05, 0.1) is 28.4 Å². The molecule has 27 heavy (non-hydrogen) atoms. The highest BCUT2D eigenvalue weighted by Crippen LogP contribution is 2.24. The molecule has 1 fully saturated rings. The second-order valence-electron chi connectivity index (χ2n) is 6.58. The molecule has 144 valence electrons. The average Bonchev–Trinajstić information content (AvgIpc) is 2.60. The molecule has 2 unspecified atom stereocenters. The second kappa shape index (κ2) is 7.88. The van der Waals surface area contributed by atoms with Gasteiger partial charge in [0.15, 0.2) is 0 Å². The average molecular weight is 409 g/mol. The van der Waals surface area contributed by atoms with Crippen LogP contribution in [0.25, 0.3) is 0 Å². The summed E-state index contributed by atoms with van der Waals surface area (Å²) in [6, 6.07) is 12.5. The van der Waals surface area contributed by atoms with Crippen LogP contribution in [-0.4, -0.2) is 44.5 Å². The number of anilines is 1. The number of ether oxygens (including phenoxy) is 1. The number of morpholine rings is 1. The third kappa shape index (κ3) is 4.61. The van der Waals surface area contributed by atoms with Crippen LogP contribution < -0.4 is 4.72 Å². The Morgan fingerprint density at radius 1 is 1.11 bits per heavy atom. The van der Waals surface area contributed by atoms with Crippen LogP contribution in [0.2, 0.25) is 5.02 Å². The molecule has 6 nitrogen and oxygen atoms in total. The van der Waals surface area contributed by atoms with Gasteiger partial charge in [0.25, 0.3) is 15.9 Å². The Bertz CT molecular complexity index is 938. The number of sulfonamides is 1. The lowest BCUT2D eigenvalue weighted by Crippen LogP contribution is -2.48. The van der Waals surface area contributed by atoms with Crippen molar-refractivity contribution in [3.05, 3.63) is 59.1 Å². The Hall–Kier alpha value is -2.09. The number of nitrogens with one attached hydrogen (secondary N) is 1. The Morgan fingerprint density at radius 3 is 2.44 bits per heavy atom. The molecule has 0 aliphatic carbocycles. The van der Waals surface area contributed by atoms with Gasteiger partial charge in [-0.1, -0.05) is 29.8 Å². The number of amides is 1.